The molecule has 0 atom stereocenters. The van der Waals surface area contributed by atoms with E-state index in [1.807, 2.05) is 0 Å². The van der Waals surface area contributed by atoms with E-state index >= 15 is 0 Å². The zero-order chi connectivity index (χ0) is 22.9. The molecule has 2 aromatic rings. The van der Waals surface area contributed by atoms with Crippen LogP contribution in [0.1, 0.15) is 28.1 Å². The fraction of sp³-hybridized carbons (Fsp3) is 0.438. The number of carbonyl (C=O) groups excluding carboxylic acids is 1. The molecule has 0 aliphatic carbocycles. The molecule has 168 valence electrons. The van der Waals surface area contributed by atoms with Gasteiger partial charge in [-0.2, -0.15) is 8.78 Å². The lowest BCUT2D eigenvalue weighted by atomic mass is 10.1. The number of amides is 1. The third kappa shape index (κ3) is 5.57. The molecule has 0 unspecified atom stereocenters. The Morgan fingerprint density at radius 3 is 2.50 bits per heavy atom. The van der Waals surface area contributed by atoms with Gasteiger partial charge in [0.05, 0.1) is 17.1 Å². The number of sulfone groups is 1. The molecular weight excluding hydrogens is 531 g/mol. The topological polar surface area (TPSA) is 130 Å². The number of halogens is 3. The van der Waals surface area contributed by atoms with Crippen molar-refractivity contribution in [2.75, 3.05) is 25.7 Å². The zero-order valence-electron chi connectivity index (χ0n) is 15.8. The molecule has 1 aromatic carbocycles. The number of thiophene rings is 1. The van der Waals surface area contributed by atoms with Gasteiger partial charge >= 0.3 is 13.3 Å². The van der Waals surface area contributed by atoms with Crippen molar-refractivity contribution < 1.29 is 41.1 Å². The minimum atomic E-state index is -5.80. The van der Waals surface area contributed by atoms with E-state index in [9.17, 15) is 26.6 Å². The van der Waals surface area contributed by atoms with Gasteiger partial charge in [-0.15, -0.1) is 11.3 Å². The van der Waals surface area contributed by atoms with Gasteiger partial charge in [-0.25, -0.2) is 8.42 Å². The fourth-order valence-corrected chi connectivity index (χ4v) is 6.20. The third-order valence-corrected chi connectivity index (χ3v) is 8.50. The van der Waals surface area contributed by atoms with Crippen molar-refractivity contribution in [3.63, 3.8) is 0 Å². The fourth-order valence-electron chi connectivity index (χ4n) is 2.50. The average molecular weight is 550 g/mol. The van der Waals surface area contributed by atoms with Gasteiger partial charge in [-0.3, -0.25) is 9.36 Å². The SMILES string of the molecule is CNC(=O)c1cc(OCCCCS(C)(=O)=O)c2sc(C(F)(F)P(=O)(O)O)c(Br)c2c1. The van der Waals surface area contributed by atoms with Crippen LogP contribution in [0.15, 0.2) is 16.6 Å². The lowest BCUT2D eigenvalue weighted by Gasteiger charge is -2.16. The number of hydrogen-bond donors (Lipinski definition) is 3. The van der Waals surface area contributed by atoms with Crippen LogP contribution in [0.2, 0.25) is 0 Å². The predicted octanol–water partition coefficient (Wildman–Crippen LogP) is 3.45. The highest BCUT2D eigenvalue weighted by Crippen LogP contribution is 2.63. The van der Waals surface area contributed by atoms with Gasteiger partial charge in [-0.05, 0) is 40.9 Å². The Bertz CT molecular complexity index is 1110. The molecule has 0 spiro atoms. The molecule has 0 bridgehead atoms. The van der Waals surface area contributed by atoms with Crippen molar-refractivity contribution in [2.24, 2.45) is 0 Å². The molecule has 2 rings (SSSR count). The van der Waals surface area contributed by atoms with E-state index in [4.69, 9.17) is 14.5 Å². The monoisotopic (exact) mass is 549 g/mol. The molecule has 8 nitrogen and oxygen atoms in total. The molecule has 0 saturated carbocycles. The second kappa shape index (κ2) is 9.17. The lowest BCUT2D eigenvalue weighted by Crippen LogP contribution is -2.17. The van der Waals surface area contributed by atoms with Crippen LogP contribution in [-0.2, 0) is 20.1 Å². The van der Waals surface area contributed by atoms with Crippen LogP contribution >= 0.6 is 34.9 Å². The van der Waals surface area contributed by atoms with Gasteiger partial charge in [0.2, 0.25) is 0 Å². The van der Waals surface area contributed by atoms with E-state index in [1.165, 1.54) is 19.2 Å². The summed E-state index contributed by atoms with van der Waals surface area (Å²) in [5.74, 6) is -0.475. The first-order valence-electron chi connectivity index (χ1n) is 8.41. The van der Waals surface area contributed by atoms with Crippen molar-refractivity contribution >= 4 is 60.7 Å². The number of ether oxygens (including phenoxy) is 1. The minimum Gasteiger partial charge on any atom is -0.492 e. The summed E-state index contributed by atoms with van der Waals surface area (Å²) >= 11 is 3.41. The summed E-state index contributed by atoms with van der Waals surface area (Å²) < 4.78 is 67.8. The van der Waals surface area contributed by atoms with Crippen molar-refractivity contribution in [2.45, 2.75) is 18.5 Å². The van der Waals surface area contributed by atoms with Gasteiger partial charge in [0.1, 0.15) is 20.5 Å². The van der Waals surface area contributed by atoms with Gasteiger partial charge in [0.25, 0.3) is 5.91 Å². The molecule has 0 aliphatic rings. The number of unbranched alkanes of at least 4 members (excludes halogenated alkanes) is 1. The Hall–Kier alpha value is -1.11. The second-order valence-electron chi connectivity index (χ2n) is 6.45. The smallest absolute Gasteiger partial charge is 0.400 e. The van der Waals surface area contributed by atoms with E-state index < -0.39 is 33.9 Å². The van der Waals surface area contributed by atoms with E-state index in [-0.39, 0.29) is 38.2 Å². The average Bonchev–Trinajstić information content (AvgIpc) is 2.96. The highest BCUT2D eigenvalue weighted by atomic mass is 79.9. The van der Waals surface area contributed by atoms with Gasteiger partial charge in [-0.1, -0.05) is 0 Å². The first kappa shape index (κ1) is 25.2. The molecule has 1 amide bonds. The molecule has 0 aliphatic heterocycles. The van der Waals surface area contributed by atoms with E-state index in [1.54, 1.807) is 0 Å². The molecular formula is C16H19BrF2NO7PS2. The maximum absolute atomic E-state index is 14.3. The number of nitrogens with one attached hydrogen (secondary N) is 1. The van der Waals surface area contributed by atoms with Crippen LogP contribution in [0.5, 0.6) is 5.75 Å². The van der Waals surface area contributed by atoms with Crippen molar-refractivity contribution in [3.8, 4) is 5.75 Å². The first-order valence-corrected chi connectivity index (χ1v) is 13.7. The number of hydrogen-bond acceptors (Lipinski definition) is 6. The van der Waals surface area contributed by atoms with E-state index in [0.717, 1.165) is 6.26 Å². The van der Waals surface area contributed by atoms with Crippen LogP contribution in [0.3, 0.4) is 0 Å². The summed E-state index contributed by atoms with van der Waals surface area (Å²) in [5, 5.41) is 2.54. The highest BCUT2D eigenvalue weighted by molar-refractivity contribution is 9.10. The van der Waals surface area contributed by atoms with Gasteiger partial charge in [0.15, 0.2) is 0 Å². The zero-order valence-corrected chi connectivity index (χ0v) is 19.9. The Morgan fingerprint density at radius 1 is 1.33 bits per heavy atom. The first-order chi connectivity index (χ1) is 13.7. The van der Waals surface area contributed by atoms with E-state index in [0.29, 0.717) is 24.2 Å². The Labute approximate surface area is 183 Å². The Morgan fingerprint density at radius 2 is 1.97 bits per heavy atom. The number of benzene rings is 1. The van der Waals surface area contributed by atoms with Crippen LogP contribution < -0.4 is 10.1 Å². The molecule has 3 N–H and O–H groups in total. The predicted molar refractivity (Wildman–Crippen MR) is 113 cm³/mol. The summed E-state index contributed by atoms with van der Waals surface area (Å²) in [4.78, 5) is 29.3. The minimum absolute atomic E-state index is 0.0345. The molecule has 1 heterocycles. The summed E-state index contributed by atoms with van der Waals surface area (Å²) in [5.41, 5.74) is -4.34. The van der Waals surface area contributed by atoms with Gasteiger partial charge in [0, 0.05) is 28.7 Å². The van der Waals surface area contributed by atoms with Crippen LogP contribution in [0, 0.1) is 0 Å². The quantitative estimate of drug-likeness (QED) is 0.322. The van der Waals surface area contributed by atoms with E-state index in [2.05, 4.69) is 21.2 Å². The molecule has 30 heavy (non-hydrogen) atoms. The molecule has 0 radical (unpaired) electrons. The third-order valence-electron chi connectivity index (χ3n) is 3.99. The van der Waals surface area contributed by atoms with Crippen LogP contribution in [0.25, 0.3) is 10.1 Å². The summed E-state index contributed by atoms with van der Waals surface area (Å²) in [6.45, 7) is 0.0571. The second-order valence-corrected chi connectivity index (χ2v) is 12.2. The maximum atomic E-state index is 14.3. The van der Waals surface area contributed by atoms with Crippen LogP contribution in [0.4, 0.5) is 8.78 Å². The standard InChI is InChI=1S/C16H19BrF2NO7PS2/c1-20-15(21)9-7-10-12(17)14(16(18,19)28(22,23)24)29-13(10)11(8-9)27-5-3-4-6-30(2,25)26/h7-8H,3-6H2,1-2H3,(H,20,21)(H2,22,23,24). The molecule has 0 fully saturated rings. The molecule has 14 heteroatoms. The molecule has 1 aromatic heterocycles. The Balaban J connectivity index is 2.48. The Kier molecular flexibility index (Phi) is 7.69. The van der Waals surface area contributed by atoms with Gasteiger partial charge < -0.3 is 19.8 Å². The van der Waals surface area contributed by atoms with Crippen LogP contribution in [-0.4, -0.2) is 49.8 Å². The maximum Gasteiger partial charge on any atom is 0.400 e. The van der Waals surface area contributed by atoms with Crippen molar-refractivity contribution in [3.05, 3.63) is 27.0 Å². The van der Waals surface area contributed by atoms with Crippen molar-refractivity contribution in [1.29, 1.82) is 0 Å². The number of alkyl halides is 2. The summed E-state index contributed by atoms with van der Waals surface area (Å²) in [6.07, 6.45) is 1.79. The molecule has 0 saturated heterocycles. The highest BCUT2D eigenvalue weighted by Gasteiger charge is 2.53. The largest absolute Gasteiger partial charge is 0.492 e. The summed E-state index contributed by atoms with van der Waals surface area (Å²) in [7, 11) is -7.55. The lowest BCUT2D eigenvalue weighted by molar-refractivity contribution is 0.0595. The summed E-state index contributed by atoms with van der Waals surface area (Å²) in [6, 6.07) is 2.64. The number of carbonyl (C=O) groups is 1. The number of rotatable bonds is 9. The normalized spacial score (nSPS) is 12.9. The van der Waals surface area contributed by atoms with Crippen molar-refractivity contribution in [1.82, 2.24) is 5.32 Å². The number of fused-ring (bicyclic) bond motifs is 1.